The summed E-state index contributed by atoms with van der Waals surface area (Å²) in [6, 6.07) is 0. The zero-order chi connectivity index (χ0) is 11.3. The summed E-state index contributed by atoms with van der Waals surface area (Å²) in [7, 11) is 1.22. The highest BCUT2D eigenvalue weighted by molar-refractivity contribution is 7.15. The van der Waals surface area contributed by atoms with Crippen LogP contribution in [0.3, 0.4) is 0 Å². The van der Waals surface area contributed by atoms with Crippen LogP contribution in [0.4, 0.5) is 9.93 Å². The average molecular weight is 230 g/mol. The third-order valence-corrected chi connectivity index (χ3v) is 2.11. The van der Waals surface area contributed by atoms with Crippen molar-refractivity contribution >= 4 is 28.5 Å². The van der Waals surface area contributed by atoms with E-state index in [1.165, 1.54) is 18.4 Å². The number of carbonyl (C=O) groups is 2. The summed E-state index contributed by atoms with van der Waals surface area (Å²) in [5.74, 6) is -0.378. The summed E-state index contributed by atoms with van der Waals surface area (Å²) >= 11 is 1.26. The second-order valence-electron chi connectivity index (χ2n) is 2.52. The van der Waals surface area contributed by atoms with E-state index in [9.17, 15) is 9.59 Å². The van der Waals surface area contributed by atoms with E-state index in [2.05, 4.69) is 25.6 Å². The van der Waals surface area contributed by atoms with Crippen LogP contribution in [-0.4, -0.2) is 35.9 Å². The molecule has 8 heteroatoms. The van der Waals surface area contributed by atoms with Crippen LogP contribution >= 0.6 is 11.3 Å². The van der Waals surface area contributed by atoms with E-state index in [1.807, 2.05) is 0 Å². The number of alkyl carbamates (subject to hydrolysis) is 1. The molecule has 1 aromatic heterocycles. The summed E-state index contributed by atoms with van der Waals surface area (Å²) < 4.78 is 4.30. The maximum absolute atomic E-state index is 11.2. The number of aromatic nitrogens is 2. The summed E-state index contributed by atoms with van der Waals surface area (Å²) in [4.78, 5) is 21.8. The molecule has 82 valence electrons. The first-order valence-corrected chi connectivity index (χ1v) is 4.85. The van der Waals surface area contributed by atoms with Crippen molar-refractivity contribution in [3.05, 3.63) is 5.01 Å². The Labute approximate surface area is 89.8 Å². The van der Waals surface area contributed by atoms with Crippen molar-refractivity contribution in [3.63, 3.8) is 0 Å². The molecule has 0 unspecified atom stereocenters. The van der Waals surface area contributed by atoms with Crippen LogP contribution in [0, 0.1) is 6.92 Å². The monoisotopic (exact) mass is 230 g/mol. The van der Waals surface area contributed by atoms with Crippen LogP contribution in [0.5, 0.6) is 0 Å². The third-order valence-electron chi connectivity index (χ3n) is 1.35. The van der Waals surface area contributed by atoms with E-state index in [0.717, 1.165) is 5.01 Å². The lowest BCUT2D eigenvalue weighted by molar-refractivity contribution is -0.115. The van der Waals surface area contributed by atoms with Crippen molar-refractivity contribution in [1.82, 2.24) is 15.5 Å². The largest absolute Gasteiger partial charge is 0.453 e. The van der Waals surface area contributed by atoms with E-state index in [1.54, 1.807) is 6.92 Å². The maximum Gasteiger partial charge on any atom is 0.407 e. The molecule has 0 atom stereocenters. The zero-order valence-corrected chi connectivity index (χ0v) is 9.05. The molecule has 0 aliphatic rings. The Morgan fingerprint density at radius 3 is 2.73 bits per heavy atom. The predicted octanol–water partition coefficient (Wildman–Crippen LogP) is 0.141. The van der Waals surface area contributed by atoms with Gasteiger partial charge in [-0.05, 0) is 6.92 Å². The van der Waals surface area contributed by atoms with Gasteiger partial charge in [0.2, 0.25) is 11.0 Å². The highest BCUT2D eigenvalue weighted by Gasteiger charge is 2.07. The minimum atomic E-state index is -0.654. The van der Waals surface area contributed by atoms with Gasteiger partial charge in [-0.3, -0.25) is 10.1 Å². The predicted molar refractivity (Wildman–Crippen MR) is 53.7 cm³/mol. The van der Waals surface area contributed by atoms with Gasteiger partial charge in [0.05, 0.1) is 7.11 Å². The first-order chi connectivity index (χ1) is 7.11. The molecule has 1 aromatic rings. The Balaban J connectivity index is 2.33. The van der Waals surface area contributed by atoms with Gasteiger partial charge in [0, 0.05) is 0 Å². The van der Waals surface area contributed by atoms with Crippen molar-refractivity contribution in [1.29, 1.82) is 0 Å². The van der Waals surface area contributed by atoms with Crippen molar-refractivity contribution in [3.8, 4) is 0 Å². The zero-order valence-electron chi connectivity index (χ0n) is 8.23. The number of carbonyl (C=O) groups excluding carboxylic acids is 2. The molecule has 0 radical (unpaired) electrons. The average Bonchev–Trinajstić information content (AvgIpc) is 2.60. The molecule has 0 aliphatic heterocycles. The van der Waals surface area contributed by atoms with Gasteiger partial charge in [-0.15, -0.1) is 10.2 Å². The third kappa shape index (κ3) is 3.90. The van der Waals surface area contributed by atoms with Crippen LogP contribution in [0.2, 0.25) is 0 Å². The Hall–Kier alpha value is -1.70. The molecule has 0 aromatic carbocycles. The molecule has 0 saturated carbocycles. The molecule has 1 heterocycles. The number of nitrogens with zero attached hydrogens (tertiary/aromatic N) is 2. The van der Waals surface area contributed by atoms with E-state index >= 15 is 0 Å². The highest BCUT2D eigenvalue weighted by atomic mass is 32.1. The number of amides is 2. The fourth-order valence-electron chi connectivity index (χ4n) is 0.735. The van der Waals surface area contributed by atoms with Gasteiger partial charge in [0.1, 0.15) is 11.6 Å². The summed E-state index contributed by atoms with van der Waals surface area (Å²) in [6.45, 7) is 1.62. The van der Waals surface area contributed by atoms with Gasteiger partial charge in [0.25, 0.3) is 0 Å². The fourth-order valence-corrected chi connectivity index (χ4v) is 1.34. The number of rotatable bonds is 3. The Bertz CT molecular complexity index is 365. The van der Waals surface area contributed by atoms with Gasteiger partial charge < -0.3 is 10.1 Å². The quantitative estimate of drug-likeness (QED) is 0.770. The van der Waals surface area contributed by atoms with Gasteiger partial charge in [-0.2, -0.15) is 0 Å². The number of ether oxygens (including phenoxy) is 1. The van der Waals surface area contributed by atoms with E-state index in [-0.39, 0.29) is 12.5 Å². The van der Waals surface area contributed by atoms with Gasteiger partial charge in [0.15, 0.2) is 0 Å². The summed E-state index contributed by atoms with van der Waals surface area (Å²) in [6.07, 6.45) is -0.654. The van der Waals surface area contributed by atoms with Crippen LogP contribution < -0.4 is 10.6 Å². The Morgan fingerprint density at radius 2 is 2.20 bits per heavy atom. The van der Waals surface area contributed by atoms with Crippen LogP contribution in [-0.2, 0) is 9.53 Å². The molecule has 15 heavy (non-hydrogen) atoms. The van der Waals surface area contributed by atoms with Crippen LogP contribution in [0.15, 0.2) is 0 Å². The van der Waals surface area contributed by atoms with Gasteiger partial charge >= 0.3 is 6.09 Å². The molecular formula is C7H10N4O3S. The fraction of sp³-hybridized carbons (Fsp3) is 0.429. The number of hydrogen-bond donors (Lipinski definition) is 2. The second-order valence-corrected chi connectivity index (χ2v) is 3.70. The van der Waals surface area contributed by atoms with Crippen molar-refractivity contribution in [2.24, 2.45) is 0 Å². The van der Waals surface area contributed by atoms with Crippen molar-refractivity contribution in [2.45, 2.75) is 6.92 Å². The van der Waals surface area contributed by atoms with E-state index in [4.69, 9.17) is 0 Å². The van der Waals surface area contributed by atoms with Crippen molar-refractivity contribution in [2.75, 3.05) is 19.0 Å². The Morgan fingerprint density at radius 1 is 1.47 bits per heavy atom. The molecule has 0 aliphatic carbocycles. The number of anilines is 1. The molecule has 7 nitrogen and oxygen atoms in total. The Kier molecular flexibility index (Phi) is 3.98. The molecule has 0 saturated heterocycles. The number of nitrogens with one attached hydrogen (secondary N) is 2. The smallest absolute Gasteiger partial charge is 0.407 e. The normalized spacial score (nSPS) is 9.47. The topological polar surface area (TPSA) is 93.2 Å². The number of hydrogen-bond acceptors (Lipinski definition) is 6. The summed E-state index contributed by atoms with van der Waals surface area (Å²) in [5, 5.41) is 13.3. The second kappa shape index (κ2) is 5.25. The van der Waals surface area contributed by atoms with Crippen LogP contribution in [0.25, 0.3) is 0 Å². The first kappa shape index (κ1) is 11.4. The number of aryl methyl sites for hydroxylation is 1. The molecule has 0 spiro atoms. The highest BCUT2D eigenvalue weighted by Crippen LogP contribution is 2.12. The molecule has 2 N–H and O–H groups in total. The molecule has 0 bridgehead atoms. The molecule has 0 fully saturated rings. The lowest BCUT2D eigenvalue weighted by Gasteiger charge is -2.02. The standard InChI is InChI=1S/C7H10N4O3S/c1-4-10-11-6(15-4)9-5(12)3-8-7(13)14-2/h3H2,1-2H3,(H,8,13)(H,9,11,12). The van der Waals surface area contributed by atoms with Gasteiger partial charge in [-0.25, -0.2) is 4.79 Å². The first-order valence-electron chi connectivity index (χ1n) is 4.03. The summed E-state index contributed by atoms with van der Waals surface area (Å²) in [5.41, 5.74) is 0. The molecule has 1 rings (SSSR count). The maximum atomic E-state index is 11.2. The minimum absolute atomic E-state index is 0.161. The lowest BCUT2D eigenvalue weighted by atomic mass is 10.6. The lowest BCUT2D eigenvalue weighted by Crippen LogP contribution is -2.32. The van der Waals surface area contributed by atoms with E-state index < -0.39 is 6.09 Å². The van der Waals surface area contributed by atoms with E-state index in [0.29, 0.717) is 5.13 Å². The number of methoxy groups -OCH3 is 1. The van der Waals surface area contributed by atoms with Crippen molar-refractivity contribution < 1.29 is 14.3 Å². The minimum Gasteiger partial charge on any atom is -0.453 e. The molecular weight excluding hydrogens is 220 g/mol. The molecule has 2 amide bonds. The SMILES string of the molecule is COC(=O)NCC(=O)Nc1nnc(C)s1. The van der Waals surface area contributed by atoms with Gasteiger partial charge in [-0.1, -0.05) is 11.3 Å². The van der Waals surface area contributed by atoms with Crippen LogP contribution in [0.1, 0.15) is 5.01 Å².